The van der Waals surface area contributed by atoms with Gasteiger partial charge in [0.2, 0.25) is 0 Å². The van der Waals surface area contributed by atoms with Gasteiger partial charge in [-0.15, -0.1) is 0 Å². The Labute approximate surface area is 130 Å². The van der Waals surface area contributed by atoms with Crippen molar-refractivity contribution in [2.75, 3.05) is 20.1 Å². The molecule has 0 aliphatic heterocycles. The molecule has 0 spiro atoms. The first kappa shape index (κ1) is 16.5. The minimum Gasteiger partial charge on any atom is -0.314 e. The largest absolute Gasteiger partial charge is 0.314 e. The molecule has 1 aliphatic rings. The van der Waals surface area contributed by atoms with Gasteiger partial charge in [-0.25, -0.2) is 0 Å². The molecular formula is C19H32N2. The van der Waals surface area contributed by atoms with Gasteiger partial charge >= 0.3 is 0 Å². The predicted octanol–water partition coefficient (Wildman–Crippen LogP) is 3.88. The number of nitrogens with zero attached hydrogens (tertiary/aromatic N) is 1. The van der Waals surface area contributed by atoms with Gasteiger partial charge < -0.3 is 10.2 Å². The lowest BCUT2D eigenvalue weighted by Gasteiger charge is -2.18. The van der Waals surface area contributed by atoms with Crippen LogP contribution in [0.4, 0.5) is 0 Å². The standard InChI is InChI=1S/C19H32N2/c1-14(2)20-11-16(4)18-8-6-17(7-9-18)12-21(5)13-19-10-15(19)3/h6-9,14-16,19-20H,10-13H2,1-5H3. The van der Waals surface area contributed by atoms with Gasteiger partial charge in [0.25, 0.3) is 0 Å². The molecule has 1 aromatic rings. The average molecular weight is 288 g/mol. The zero-order chi connectivity index (χ0) is 15.4. The van der Waals surface area contributed by atoms with Crippen LogP contribution in [-0.2, 0) is 6.54 Å². The Bertz CT molecular complexity index is 424. The topological polar surface area (TPSA) is 15.3 Å². The maximum Gasteiger partial charge on any atom is 0.0230 e. The maximum atomic E-state index is 3.51. The van der Waals surface area contributed by atoms with E-state index in [0.29, 0.717) is 12.0 Å². The highest BCUT2D eigenvalue weighted by Gasteiger charge is 2.32. The molecule has 1 N–H and O–H groups in total. The molecule has 2 rings (SSSR count). The van der Waals surface area contributed by atoms with E-state index >= 15 is 0 Å². The summed E-state index contributed by atoms with van der Waals surface area (Å²) in [5.74, 6) is 2.46. The van der Waals surface area contributed by atoms with Gasteiger partial charge in [0, 0.05) is 25.7 Å². The van der Waals surface area contributed by atoms with E-state index in [-0.39, 0.29) is 0 Å². The zero-order valence-electron chi connectivity index (χ0n) is 14.4. The Balaban J connectivity index is 1.80. The highest BCUT2D eigenvalue weighted by molar-refractivity contribution is 5.25. The summed E-state index contributed by atoms with van der Waals surface area (Å²) in [6, 6.07) is 9.76. The predicted molar refractivity (Wildman–Crippen MR) is 91.6 cm³/mol. The summed E-state index contributed by atoms with van der Waals surface area (Å²) in [5, 5.41) is 3.51. The van der Waals surface area contributed by atoms with Crippen LogP contribution in [0.15, 0.2) is 24.3 Å². The average Bonchev–Trinajstić information content (AvgIpc) is 3.11. The highest BCUT2D eigenvalue weighted by Crippen LogP contribution is 2.38. The summed E-state index contributed by atoms with van der Waals surface area (Å²) in [6.07, 6.45) is 1.42. The van der Waals surface area contributed by atoms with Crippen molar-refractivity contribution in [3.63, 3.8) is 0 Å². The summed E-state index contributed by atoms with van der Waals surface area (Å²) in [5.41, 5.74) is 2.86. The second-order valence-electron chi connectivity index (χ2n) is 7.38. The zero-order valence-corrected chi connectivity index (χ0v) is 14.4. The molecule has 1 aliphatic carbocycles. The van der Waals surface area contributed by atoms with E-state index in [0.717, 1.165) is 24.9 Å². The fourth-order valence-corrected chi connectivity index (χ4v) is 2.91. The van der Waals surface area contributed by atoms with Crippen molar-refractivity contribution in [2.45, 2.75) is 52.6 Å². The highest BCUT2D eigenvalue weighted by atomic mass is 15.1. The van der Waals surface area contributed by atoms with Crippen LogP contribution in [-0.4, -0.2) is 31.1 Å². The number of rotatable bonds is 8. The monoisotopic (exact) mass is 288 g/mol. The lowest BCUT2D eigenvalue weighted by molar-refractivity contribution is 0.307. The van der Waals surface area contributed by atoms with Gasteiger partial charge in [-0.3, -0.25) is 0 Å². The summed E-state index contributed by atoms with van der Waals surface area (Å²) in [4.78, 5) is 2.47. The van der Waals surface area contributed by atoms with Gasteiger partial charge in [0.15, 0.2) is 0 Å². The summed E-state index contributed by atoms with van der Waals surface area (Å²) >= 11 is 0. The van der Waals surface area contributed by atoms with Crippen molar-refractivity contribution in [3.05, 3.63) is 35.4 Å². The molecule has 0 amide bonds. The second kappa shape index (κ2) is 7.42. The molecule has 2 heteroatoms. The van der Waals surface area contributed by atoms with E-state index in [1.165, 1.54) is 24.1 Å². The molecule has 1 fully saturated rings. The van der Waals surface area contributed by atoms with E-state index in [9.17, 15) is 0 Å². The molecule has 21 heavy (non-hydrogen) atoms. The van der Waals surface area contributed by atoms with Crippen molar-refractivity contribution >= 4 is 0 Å². The van der Waals surface area contributed by atoms with Crippen molar-refractivity contribution in [1.29, 1.82) is 0 Å². The van der Waals surface area contributed by atoms with Crippen LogP contribution in [0.5, 0.6) is 0 Å². The number of nitrogens with one attached hydrogen (secondary N) is 1. The molecule has 3 atom stereocenters. The van der Waals surface area contributed by atoms with Crippen molar-refractivity contribution in [3.8, 4) is 0 Å². The Hall–Kier alpha value is -0.860. The minimum absolute atomic E-state index is 0.560. The van der Waals surface area contributed by atoms with Gasteiger partial charge in [-0.2, -0.15) is 0 Å². The van der Waals surface area contributed by atoms with Gasteiger partial charge in [0.1, 0.15) is 0 Å². The first-order valence-corrected chi connectivity index (χ1v) is 8.46. The number of hydrogen-bond acceptors (Lipinski definition) is 2. The third kappa shape index (κ3) is 5.44. The molecule has 118 valence electrons. The second-order valence-corrected chi connectivity index (χ2v) is 7.38. The third-order valence-corrected chi connectivity index (χ3v) is 4.66. The molecule has 3 unspecified atom stereocenters. The lowest BCUT2D eigenvalue weighted by Crippen LogP contribution is -2.27. The van der Waals surface area contributed by atoms with Crippen LogP contribution in [0.3, 0.4) is 0 Å². The molecule has 1 saturated carbocycles. The van der Waals surface area contributed by atoms with Gasteiger partial charge in [-0.1, -0.05) is 52.0 Å². The van der Waals surface area contributed by atoms with Crippen molar-refractivity contribution < 1.29 is 0 Å². The molecule has 0 bridgehead atoms. The van der Waals surface area contributed by atoms with E-state index in [1.54, 1.807) is 0 Å². The Morgan fingerprint density at radius 2 is 1.81 bits per heavy atom. The molecular weight excluding hydrogens is 256 g/mol. The molecule has 0 aromatic heterocycles. The summed E-state index contributed by atoms with van der Waals surface area (Å²) < 4.78 is 0. The van der Waals surface area contributed by atoms with E-state index in [1.807, 2.05) is 0 Å². The first-order chi connectivity index (χ1) is 9.95. The van der Waals surface area contributed by atoms with Crippen LogP contribution >= 0.6 is 0 Å². The van der Waals surface area contributed by atoms with E-state index < -0.39 is 0 Å². The molecule has 0 saturated heterocycles. The first-order valence-electron chi connectivity index (χ1n) is 8.46. The maximum absolute atomic E-state index is 3.51. The summed E-state index contributed by atoms with van der Waals surface area (Å²) in [6.45, 7) is 12.4. The van der Waals surface area contributed by atoms with Crippen LogP contribution in [0.25, 0.3) is 0 Å². The molecule has 2 nitrogen and oxygen atoms in total. The fraction of sp³-hybridized carbons (Fsp3) is 0.684. The fourth-order valence-electron chi connectivity index (χ4n) is 2.91. The van der Waals surface area contributed by atoms with Crippen molar-refractivity contribution in [1.82, 2.24) is 10.2 Å². The van der Waals surface area contributed by atoms with Crippen LogP contribution in [0.1, 0.15) is 51.2 Å². The van der Waals surface area contributed by atoms with Gasteiger partial charge in [-0.05, 0) is 42.3 Å². The Kier molecular flexibility index (Phi) is 5.83. The van der Waals surface area contributed by atoms with Crippen LogP contribution in [0.2, 0.25) is 0 Å². The number of benzene rings is 1. The van der Waals surface area contributed by atoms with Crippen LogP contribution < -0.4 is 5.32 Å². The van der Waals surface area contributed by atoms with E-state index in [2.05, 4.69) is 69.2 Å². The quantitative estimate of drug-likeness (QED) is 0.781. The Morgan fingerprint density at radius 3 is 2.33 bits per heavy atom. The van der Waals surface area contributed by atoms with Crippen LogP contribution in [0, 0.1) is 11.8 Å². The smallest absolute Gasteiger partial charge is 0.0230 e. The minimum atomic E-state index is 0.560. The lowest BCUT2D eigenvalue weighted by atomic mass is 9.99. The Morgan fingerprint density at radius 1 is 1.19 bits per heavy atom. The molecule has 1 aromatic carbocycles. The molecule has 0 heterocycles. The normalized spacial score (nSPS) is 22.8. The summed E-state index contributed by atoms with van der Waals surface area (Å²) in [7, 11) is 2.24. The van der Waals surface area contributed by atoms with Gasteiger partial charge in [0.05, 0.1) is 0 Å². The van der Waals surface area contributed by atoms with Crippen molar-refractivity contribution in [2.24, 2.45) is 11.8 Å². The molecule has 0 radical (unpaired) electrons. The SMILES string of the molecule is CC(C)NCC(C)c1ccc(CN(C)CC2CC2C)cc1. The number of hydrogen-bond donors (Lipinski definition) is 1. The van der Waals surface area contributed by atoms with E-state index in [4.69, 9.17) is 0 Å². The third-order valence-electron chi connectivity index (χ3n) is 4.66.